The zero-order chi connectivity index (χ0) is 24.7. The fourth-order valence-corrected chi connectivity index (χ4v) is 8.10. The van der Waals surface area contributed by atoms with Crippen LogP contribution in [-0.4, -0.2) is 41.9 Å². The van der Waals surface area contributed by atoms with Crippen LogP contribution in [0.1, 0.15) is 36.9 Å². The lowest BCUT2D eigenvalue weighted by Gasteiger charge is -2.23. The lowest BCUT2D eigenvalue weighted by Crippen LogP contribution is -2.26. The number of fused-ring (bicyclic) bond motifs is 1. The summed E-state index contributed by atoms with van der Waals surface area (Å²) >= 11 is 2.89. The summed E-state index contributed by atoms with van der Waals surface area (Å²) < 4.78 is 27.9. The van der Waals surface area contributed by atoms with E-state index in [9.17, 15) is 8.42 Å². The molecule has 7 nitrogen and oxygen atoms in total. The second-order valence-electron chi connectivity index (χ2n) is 8.84. The average Bonchev–Trinajstić information content (AvgIpc) is 3.70. The maximum atomic E-state index is 13.1. The standard InChI is InChI=1S/C26H25N5O2S3.CH4/c1-30(36(32,33)24-11-6-14-34-24)23-9-4-7-18-15-21(29-25(18)23)26-28-16-19(35-26)17-31-13-5-10-22(31)20-8-2-3-12-27-20;/h2-4,6-9,11-12,14-16,22,29H,5,10,13,17H2,1H3;1H4. The first-order chi connectivity index (χ1) is 17.5. The van der Waals surface area contributed by atoms with Crippen LogP contribution in [0.5, 0.6) is 0 Å². The molecule has 1 aliphatic heterocycles. The lowest BCUT2D eigenvalue weighted by molar-refractivity contribution is 0.246. The van der Waals surface area contributed by atoms with Crippen molar-refractivity contribution < 1.29 is 8.42 Å². The third kappa shape index (κ3) is 4.82. The van der Waals surface area contributed by atoms with Crippen molar-refractivity contribution in [2.24, 2.45) is 0 Å². The molecule has 1 N–H and O–H groups in total. The number of thiazole rings is 1. The van der Waals surface area contributed by atoms with Crippen LogP contribution in [0, 0.1) is 0 Å². The molecule has 4 aromatic heterocycles. The number of aromatic nitrogens is 3. The number of rotatable bonds is 7. The Kier molecular flexibility index (Phi) is 7.17. The molecule has 6 rings (SSSR count). The maximum absolute atomic E-state index is 13.1. The number of likely N-dealkylation sites (tertiary alicyclic amines) is 1. The average molecular weight is 552 g/mol. The molecule has 1 unspecified atom stereocenters. The highest BCUT2D eigenvalue weighted by molar-refractivity contribution is 7.94. The predicted octanol–water partition coefficient (Wildman–Crippen LogP) is 6.55. The lowest BCUT2D eigenvalue weighted by atomic mass is 10.1. The summed E-state index contributed by atoms with van der Waals surface area (Å²) in [5, 5.41) is 3.61. The number of sulfonamides is 1. The number of anilines is 1. The van der Waals surface area contributed by atoms with Crippen LogP contribution >= 0.6 is 22.7 Å². The van der Waals surface area contributed by atoms with E-state index in [1.54, 1.807) is 35.9 Å². The number of aromatic amines is 1. The Morgan fingerprint density at radius 3 is 2.81 bits per heavy atom. The van der Waals surface area contributed by atoms with Crippen molar-refractivity contribution in [3.05, 3.63) is 82.9 Å². The SMILES string of the molecule is C.CN(c1cccc2cc(-c3ncc(CN4CCCC4c4ccccn4)s3)[nH]c12)S(=O)(=O)c1cccs1. The number of nitrogens with one attached hydrogen (secondary N) is 1. The minimum Gasteiger partial charge on any atom is -0.351 e. The van der Waals surface area contributed by atoms with Crippen LogP contribution in [0.2, 0.25) is 0 Å². The van der Waals surface area contributed by atoms with Gasteiger partial charge in [0.1, 0.15) is 9.22 Å². The fourth-order valence-electron chi connectivity index (χ4n) is 4.82. The summed E-state index contributed by atoms with van der Waals surface area (Å²) in [6, 6.07) is 17.6. The normalized spacial score (nSPS) is 16.2. The monoisotopic (exact) mass is 551 g/mol. The Morgan fingerprint density at radius 2 is 2.03 bits per heavy atom. The molecule has 0 bridgehead atoms. The number of hydrogen-bond acceptors (Lipinski definition) is 7. The van der Waals surface area contributed by atoms with Crippen LogP contribution < -0.4 is 4.31 Å². The topological polar surface area (TPSA) is 82.2 Å². The molecule has 5 aromatic rings. The van der Waals surface area contributed by atoms with E-state index in [1.807, 2.05) is 42.7 Å². The van der Waals surface area contributed by atoms with Crippen molar-refractivity contribution in [2.45, 2.75) is 37.1 Å². The van der Waals surface area contributed by atoms with E-state index in [-0.39, 0.29) is 7.43 Å². The first-order valence-corrected chi connectivity index (χ1v) is 14.9. The molecule has 1 aliphatic rings. The molecule has 0 saturated carbocycles. The van der Waals surface area contributed by atoms with Crippen LogP contribution in [-0.2, 0) is 16.6 Å². The summed E-state index contributed by atoms with van der Waals surface area (Å²) in [5.41, 5.74) is 3.41. The summed E-state index contributed by atoms with van der Waals surface area (Å²) in [6.45, 7) is 1.89. The zero-order valence-electron chi connectivity index (χ0n) is 19.7. The van der Waals surface area contributed by atoms with Crippen LogP contribution in [0.3, 0.4) is 0 Å². The predicted molar refractivity (Wildman–Crippen MR) is 153 cm³/mol. The second kappa shape index (κ2) is 10.4. The molecule has 0 aliphatic carbocycles. The number of nitrogens with zero attached hydrogens (tertiary/aromatic N) is 4. The molecule has 10 heteroatoms. The number of hydrogen-bond donors (Lipinski definition) is 1. The smallest absolute Gasteiger partial charge is 0.273 e. The number of para-hydroxylation sites is 1. The van der Waals surface area contributed by atoms with E-state index in [4.69, 9.17) is 4.98 Å². The van der Waals surface area contributed by atoms with E-state index in [0.29, 0.717) is 15.9 Å². The van der Waals surface area contributed by atoms with Gasteiger partial charge >= 0.3 is 0 Å². The van der Waals surface area contributed by atoms with Crippen molar-refractivity contribution in [1.82, 2.24) is 19.9 Å². The summed E-state index contributed by atoms with van der Waals surface area (Å²) in [4.78, 5) is 16.4. The van der Waals surface area contributed by atoms with Crippen LogP contribution in [0.25, 0.3) is 21.6 Å². The largest absolute Gasteiger partial charge is 0.351 e. The molecule has 1 fully saturated rings. The molecule has 0 amide bonds. The van der Waals surface area contributed by atoms with Gasteiger partial charge in [0.25, 0.3) is 10.0 Å². The zero-order valence-corrected chi connectivity index (χ0v) is 22.1. The van der Waals surface area contributed by atoms with Crippen LogP contribution in [0.15, 0.2) is 76.6 Å². The highest BCUT2D eigenvalue weighted by atomic mass is 32.2. The Morgan fingerprint density at radius 1 is 1.14 bits per heavy atom. The fraction of sp³-hybridized carbons (Fsp3) is 0.259. The van der Waals surface area contributed by atoms with Gasteiger partial charge in [0.2, 0.25) is 0 Å². The molecule has 192 valence electrons. The number of H-pyrrole nitrogens is 1. The summed E-state index contributed by atoms with van der Waals surface area (Å²) in [7, 11) is -2.03. The van der Waals surface area contributed by atoms with Crippen molar-refractivity contribution in [3.8, 4) is 10.7 Å². The first-order valence-electron chi connectivity index (χ1n) is 11.7. The summed E-state index contributed by atoms with van der Waals surface area (Å²) in [6.07, 6.45) is 6.10. The van der Waals surface area contributed by atoms with E-state index >= 15 is 0 Å². The Bertz CT molecular complexity index is 1590. The molecule has 5 heterocycles. The van der Waals surface area contributed by atoms with Gasteiger partial charge in [-0.3, -0.25) is 14.2 Å². The molecular weight excluding hydrogens is 523 g/mol. The summed E-state index contributed by atoms with van der Waals surface area (Å²) in [5.74, 6) is 0. The minimum atomic E-state index is -3.62. The van der Waals surface area contributed by atoms with E-state index in [1.165, 1.54) is 26.9 Å². The van der Waals surface area contributed by atoms with Gasteiger partial charge < -0.3 is 4.98 Å². The van der Waals surface area contributed by atoms with E-state index < -0.39 is 10.0 Å². The molecule has 1 aromatic carbocycles. The minimum absolute atomic E-state index is 0. The third-order valence-electron chi connectivity index (χ3n) is 6.62. The van der Waals surface area contributed by atoms with Gasteiger partial charge in [0.15, 0.2) is 0 Å². The van der Waals surface area contributed by atoms with Crippen molar-refractivity contribution in [1.29, 1.82) is 0 Å². The van der Waals surface area contributed by atoms with Gasteiger partial charge in [0.05, 0.1) is 28.6 Å². The van der Waals surface area contributed by atoms with Gasteiger partial charge in [-0.25, -0.2) is 13.4 Å². The van der Waals surface area contributed by atoms with Crippen LogP contribution in [0.4, 0.5) is 5.69 Å². The van der Waals surface area contributed by atoms with Crippen molar-refractivity contribution in [3.63, 3.8) is 0 Å². The molecule has 1 atom stereocenters. The molecular formula is C27H29N5O2S3. The first kappa shape index (κ1) is 25.6. The molecule has 0 radical (unpaired) electrons. The van der Waals surface area contributed by atoms with Gasteiger partial charge in [-0.2, -0.15) is 0 Å². The Labute approximate surface area is 225 Å². The van der Waals surface area contributed by atoms with Gasteiger partial charge in [-0.05, 0) is 55.1 Å². The Balaban J connectivity index is 0.00000280. The van der Waals surface area contributed by atoms with Gasteiger partial charge in [0, 0.05) is 36.2 Å². The molecule has 37 heavy (non-hydrogen) atoms. The highest BCUT2D eigenvalue weighted by Crippen LogP contribution is 2.36. The number of thiophene rings is 1. The number of pyridine rings is 1. The van der Waals surface area contributed by atoms with Gasteiger partial charge in [-0.1, -0.05) is 31.7 Å². The second-order valence-corrected chi connectivity index (χ2v) is 13.1. The quantitative estimate of drug-likeness (QED) is 0.248. The van der Waals surface area contributed by atoms with E-state index in [2.05, 4.69) is 27.0 Å². The molecule has 0 spiro atoms. The van der Waals surface area contributed by atoms with Gasteiger partial charge in [-0.15, -0.1) is 22.7 Å². The van der Waals surface area contributed by atoms with E-state index in [0.717, 1.165) is 46.8 Å². The van der Waals surface area contributed by atoms with Crippen molar-refractivity contribution >= 4 is 49.3 Å². The number of benzene rings is 1. The maximum Gasteiger partial charge on any atom is 0.273 e. The molecule has 1 saturated heterocycles. The third-order valence-corrected chi connectivity index (χ3v) is 10.8. The Hall–Kier alpha value is -3.05. The highest BCUT2D eigenvalue weighted by Gasteiger charge is 2.28. The van der Waals surface area contributed by atoms with Crippen molar-refractivity contribution in [2.75, 3.05) is 17.9 Å².